The highest BCUT2D eigenvalue weighted by molar-refractivity contribution is 6.35. The Bertz CT molecular complexity index is 688. The molecule has 2 heterocycles. The van der Waals surface area contributed by atoms with Gasteiger partial charge in [0.2, 0.25) is 0 Å². The lowest BCUT2D eigenvalue weighted by molar-refractivity contribution is -0.137. The molecule has 2 aliphatic rings. The van der Waals surface area contributed by atoms with Crippen LogP contribution in [0.4, 0.5) is 0 Å². The number of rotatable bonds is 5. The molecule has 2 amide bonds. The van der Waals surface area contributed by atoms with Gasteiger partial charge in [-0.1, -0.05) is 12.1 Å². The fraction of sp³-hybridized carbons (Fsp3) is 0.474. The average Bonchev–Trinajstić information content (AvgIpc) is 2.87. The van der Waals surface area contributed by atoms with E-state index < -0.39 is 0 Å². The summed E-state index contributed by atoms with van der Waals surface area (Å²) < 4.78 is 5.47. The van der Waals surface area contributed by atoms with Gasteiger partial charge in [-0.2, -0.15) is 0 Å². The first-order valence-electron chi connectivity index (χ1n) is 8.84. The zero-order valence-electron chi connectivity index (χ0n) is 15.1. The summed E-state index contributed by atoms with van der Waals surface area (Å²) >= 11 is 0. The van der Waals surface area contributed by atoms with Gasteiger partial charge in [0.25, 0.3) is 11.8 Å². The van der Waals surface area contributed by atoms with Gasteiger partial charge in [-0.3, -0.25) is 14.5 Å². The Kier molecular flexibility index (Phi) is 5.08. The van der Waals surface area contributed by atoms with Gasteiger partial charge in [0, 0.05) is 32.7 Å². The van der Waals surface area contributed by atoms with Crippen molar-refractivity contribution in [3.05, 3.63) is 35.5 Å². The largest absolute Gasteiger partial charge is 0.494 e. The van der Waals surface area contributed by atoms with Gasteiger partial charge in [0.05, 0.1) is 12.2 Å². The Hall–Kier alpha value is -2.34. The SMILES string of the molecule is CCOc1ccc(C2=C(N3CCN(C)CC3)C(=O)N(CC)C2=O)cc1. The second-order valence-corrected chi connectivity index (χ2v) is 6.33. The van der Waals surface area contributed by atoms with Crippen LogP contribution >= 0.6 is 0 Å². The molecule has 1 fully saturated rings. The van der Waals surface area contributed by atoms with Gasteiger partial charge in [0.15, 0.2) is 0 Å². The van der Waals surface area contributed by atoms with Crippen LogP contribution in [0.5, 0.6) is 5.75 Å². The highest BCUT2D eigenvalue weighted by Gasteiger charge is 2.41. The van der Waals surface area contributed by atoms with E-state index in [1.165, 1.54) is 4.90 Å². The zero-order valence-corrected chi connectivity index (χ0v) is 15.1. The van der Waals surface area contributed by atoms with Crippen LogP contribution < -0.4 is 4.74 Å². The van der Waals surface area contributed by atoms with Crippen molar-refractivity contribution in [2.24, 2.45) is 0 Å². The summed E-state index contributed by atoms with van der Waals surface area (Å²) in [4.78, 5) is 31.3. The molecular formula is C19H25N3O3. The number of piperazine rings is 1. The number of imide groups is 1. The molecule has 1 saturated heterocycles. The van der Waals surface area contributed by atoms with Crippen LogP contribution in [0.2, 0.25) is 0 Å². The predicted octanol–water partition coefficient (Wildman–Crippen LogP) is 1.43. The van der Waals surface area contributed by atoms with E-state index in [0.717, 1.165) is 37.5 Å². The van der Waals surface area contributed by atoms with E-state index >= 15 is 0 Å². The lowest BCUT2D eigenvalue weighted by Crippen LogP contribution is -2.46. The Labute approximate surface area is 148 Å². The van der Waals surface area contributed by atoms with E-state index in [0.29, 0.717) is 24.4 Å². The quantitative estimate of drug-likeness (QED) is 0.757. The number of amides is 2. The fourth-order valence-corrected chi connectivity index (χ4v) is 3.32. The van der Waals surface area contributed by atoms with Crippen molar-refractivity contribution < 1.29 is 14.3 Å². The molecule has 0 aromatic heterocycles. The Balaban J connectivity index is 2.00. The average molecular weight is 343 g/mol. The monoisotopic (exact) mass is 343 g/mol. The van der Waals surface area contributed by atoms with Crippen molar-refractivity contribution in [3.63, 3.8) is 0 Å². The van der Waals surface area contributed by atoms with Crippen LogP contribution in [0, 0.1) is 0 Å². The van der Waals surface area contributed by atoms with Crippen LogP contribution in [0.3, 0.4) is 0 Å². The Morgan fingerprint density at radius 3 is 2.16 bits per heavy atom. The molecule has 0 saturated carbocycles. The molecule has 25 heavy (non-hydrogen) atoms. The van der Waals surface area contributed by atoms with E-state index in [-0.39, 0.29) is 11.8 Å². The van der Waals surface area contributed by atoms with Crippen molar-refractivity contribution in [1.29, 1.82) is 0 Å². The number of ether oxygens (including phenoxy) is 1. The minimum Gasteiger partial charge on any atom is -0.494 e. The molecule has 0 unspecified atom stereocenters. The van der Waals surface area contributed by atoms with Gasteiger partial charge >= 0.3 is 0 Å². The molecule has 2 aliphatic heterocycles. The molecule has 1 aromatic carbocycles. The van der Waals surface area contributed by atoms with E-state index in [1.807, 2.05) is 38.1 Å². The maximum Gasteiger partial charge on any atom is 0.277 e. The van der Waals surface area contributed by atoms with Crippen molar-refractivity contribution in [2.45, 2.75) is 13.8 Å². The maximum atomic E-state index is 12.9. The highest BCUT2D eigenvalue weighted by atomic mass is 16.5. The van der Waals surface area contributed by atoms with Gasteiger partial charge in [-0.15, -0.1) is 0 Å². The van der Waals surface area contributed by atoms with Crippen molar-refractivity contribution in [3.8, 4) is 5.75 Å². The molecule has 3 rings (SSSR count). The van der Waals surface area contributed by atoms with Crippen LogP contribution in [0.25, 0.3) is 5.57 Å². The van der Waals surface area contributed by atoms with Gasteiger partial charge in [0.1, 0.15) is 11.4 Å². The number of carbonyl (C=O) groups is 2. The minimum atomic E-state index is -0.203. The summed E-state index contributed by atoms with van der Waals surface area (Å²) in [5.74, 6) is 0.378. The topological polar surface area (TPSA) is 53.1 Å². The van der Waals surface area contributed by atoms with Crippen LogP contribution in [0.15, 0.2) is 30.0 Å². The Morgan fingerprint density at radius 1 is 0.960 bits per heavy atom. The predicted molar refractivity (Wildman–Crippen MR) is 96.0 cm³/mol. The van der Waals surface area contributed by atoms with Crippen LogP contribution in [-0.2, 0) is 9.59 Å². The lowest BCUT2D eigenvalue weighted by atomic mass is 10.0. The fourth-order valence-electron chi connectivity index (χ4n) is 3.32. The van der Waals surface area contributed by atoms with Crippen LogP contribution in [-0.4, -0.2) is 72.9 Å². The second kappa shape index (κ2) is 7.27. The first-order valence-corrected chi connectivity index (χ1v) is 8.84. The van der Waals surface area contributed by atoms with Crippen molar-refractivity contribution in [1.82, 2.24) is 14.7 Å². The third-order valence-electron chi connectivity index (χ3n) is 4.73. The summed E-state index contributed by atoms with van der Waals surface area (Å²) in [6.07, 6.45) is 0. The summed E-state index contributed by atoms with van der Waals surface area (Å²) in [5.41, 5.74) is 1.83. The molecule has 6 heteroatoms. The van der Waals surface area contributed by atoms with Crippen molar-refractivity contribution >= 4 is 17.4 Å². The highest BCUT2D eigenvalue weighted by Crippen LogP contribution is 2.32. The maximum absolute atomic E-state index is 12.9. The normalized spacial score (nSPS) is 19.2. The first kappa shape index (κ1) is 17.5. The molecular weight excluding hydrogens is 318 g/mol. The van der Waals surface area contributed by atoms with Gasteiger partial charge in [-0.25, -0.2) is 0 Å². The minimum absolute atomic E-state index is 0.180. The summed E-state index contributed by atoms with van der Waals surface area (Å²) in [5, 5.41) is 0. The van der Waals surface area contributed by atoms with E-state index in [9.17, 15) is 9.59 Å². The zero-order chi connectivity index (χ0) is 18.0. The summed E-state index contributed by atoms with van der Waals surface area (Å²) in [6, 6.07) is 7.42. The smallest absolute Gasteiger partial charge is 0.277 e. The first-order chi connectivity index (χ1) is 12.1. The van der Waals surface area contributed by atoms with Gasteiger partial charge in [-0.05, 0) is 38.6 Å². The van der Waals surface area contributed by atoms with E-state index in [2.05, 4.69) is 16.8 Å². The standard InChI is InChI=1S/C19H25N3O3/c1-4-22-18(23)16(14-6-8-15(9-7-14)25-5-2)17(19(22)24)21-12-10-20(3)11-13-21/h6-9H,4-5,10-13H2,1-3H3. The van der Waals surface area contributed by atoms with Crippen molar-refractivity contribution in [2.75, 3.05) is 46.4 Å². The molecule has 0 bridgehead atoms. The number of carbonyl (C=O) groups excluding carboxylic acids is 2. The van der Waals surface area contributed by atoms with E-state index in [4.69, 9.17) is 4.74 Å². The summed E-state index contributed by atoms with van der Waals surface area (Å²) in [7, 11) is 2.07. The van der Waals surface area contributed by atoms with Crippen LogP contribution in [0.1, 0.15) is 19.4 Å². The molecule has 0 N–H and O–H groups in total. The Morgan fingerprint density at radius 2 is 1.60 bits per heavy atom. The number of hydrogen-bond acceptors (Lipinski definition) is 5. The molecule has 0 aliphatic carbocycles. The molecule has 1 aromatic rings. The molecule has 0 spiro atoms. The third kappa shape index (κ3) is 3.26. The molecule has 134 valence electrons. The number of nitrogens with zero attached hydrogens (tertiary/aromatic N) is 3. The molecule has 0 radical (unpaired) electrons. The second-order valence-electron chi connectivity index (χ2n) is 6.33. The molecule has 6 nitrogen and oxygen atoms in total. The number of benzene rings is 1. The third-order valence-corrected chi connectivity index (χ3v) is 4.73. The lowest BCUT2D eigenvalue weighted by Gasteiger charge is -2.34. The number of hydrogen-bond donors (Lipinski definition) is 0. The van der Waals surface area contributed by atoms with Gasteiger partial charge < -0.3 is 14.5 Å². The molecule has 0 atom stereocenters. The summed E-state index contributed by atoms with van der Waals surface area (Å²) in [6.45, 7) is 8.01. The van der Waals surface area contributed by atoms with E-state index in [1.54, 1.807) is 0 Å². The number of likely N-dealkylation sites (N-methyl/N-ethyl adjacent to an activating group) is 2.